The largest absolute Gasteiger partial charge is 0.268 e. The van der Waals surface area contributed by atoms with Crippen LogP contribution in [0.1, 0.15) is 0 Å². The molecule has 13 heavy (non-hydrogen) atoms. The second kappa shape index (κ2) is 2.92. The van der Waals surface area contributed by atoms with Crippen LogP contribution in [-0.4, -0.2) is 3.96 Å². The topological polar surface area (TPSA) is 22.0 Å². The van der Waals surface area contributed by atoms with Crippen molar-refractivity contribution in [1.82, 2.24) is 3.96 Å². The van der Waals surface area contributed by atoms with Gasteiger partial charge in [0.2, 0.25) is 0 Å². The van der Waals surface area contributed by atoms with E-state index in [1.54, 1.807) is 13.1 Å². The molecule has 0 bridgehead atoms. The summed E-state index contributed by atoms with van der Waals surface area (Å²) in [6.07, 6.45) is 0. The van der Waals surface area contributed by atoms with Crippen LogP contribution in [0.3, 0.4) is 0 Å². The molecule has 0 aliphatic rings. The first-order chi connectivity index (χ1) is 6.09. The van der Waals surface area contributed by atoms with E-state index in [1.807, 2.05) is 0 Å². The zero-order valence-corrected chi connectivity index (χ0v) is 9.08. The van der Waals surface area contributed by atoms with Gasteiger partial charge in [0, 0.05) is 7.05 Å². The monoisotopic (exact) mass is 261 g/mol. The van der Waals surface area contributed by atoms with Gasteiger partial charge in [0.15, 0.2) is 0 Å². The van der Waals surface area contributed by atoms with E-state index in [-0.39, 0.29) is 5.56 Å². The standard InChI is InChI=1S/C8H5BrFNOS/c1-11-8(12)4-2-6(10)5(9)3-7(4)13-11/h2-3H,1H3. The Hall–Kier alpha value is -0.680. The number of hydrogen-bond acceptors (Lipinski definition) is 2. The summed E-state index contributed by atoms with van der Waals surface area (Å²) in [6.45, 7) is 0. The van der Waals surface area contributed by atoms with E-state index in [9.17, 15) is 9.18 Å². The molecule has 0 radical (unpaired) electrons. The molecular weight excluding hydrogens is 257 g/mol. The first-order valence-electron chi connectivity index (χ1n) is 3.54. The maximum atomic E-state index is 13.0. The predicted octanol–water partition coefficient (Wildman–Crippen LogP) is 2.50. The summed E-state index contributed by atoms with van der Waals surface area (Å²) >= 11 is 4.38. The first kappa shape index (κ1) is 8.90. The van der Waals surface area contributed by atoms with Crippen molar-refractivity contribution < 1.29 is 4.39 Å². The number of halogens is 2. The fourth-order valence-electron chi connectivity index (χ4n) is 1.13. The van der Waals surface area contributed by atoms with Crippen LogP contribution in [0.15, 0.2) is 21.4 Å². The Labute approximate surface area is 85.9 Å². The van der Waals surface area contributed by atoms with Gasteiger partial charge in [-0.2, -0.15) is 0 Å². The van der Waals surface area contributed by atoms with E-state index in [1.165, 1.54) is 21.6 Å². The third-order valence-corrected chi connectivity index (χ3v) is 3.36. The molecule has 0 aliphatic heterocycles. The highest BCUT2D eigenvalue weighted by Gasteiger charge is 2.08. The zero-order chi connectivity index (χ0) is 9.59. The van der Waals surface area contributed by atoms with Crippen molar-refractivity contribution in [3.8, 4) is 0 Å². The molecule has 1 aromatic heterocycles. The molecular formula is C8H5BrFNOS. The zero-order valence-electron chi connectivity index (χ0n) is 6.67. The maximum Gasteiger partial charge on any atom is 0.268 e. The third kappa shape index (κ3) is 1.32. The molecule has 0 saturated carbocycles. The summed E-state index contributed by atoms with van der Waals surface area (Å²) < 4.78 is 15.7. The van der Waals surface area contributed by atoms with Gasteiger partial charge in [-0.15, -0.1) is 0 Å². The fraction of sp³-hybridized carbons (Fsp3) is 0.125. The molecule has 2 rings (SSSR count). The van der Waals surface area contributed by atoms with Crippen molar-refractivity contribution in [2.24, 2.45) is 7.05 Å². The van der Waals surface area contributed by atoms with E-state index in [0.717, 1.165) is 4.70 Å². The lowest BCUT2D eigenvalue weighted by Crippen LogP contribution is -2.07. The third-order valence-electron chi connectivity index (χ3n) is 1.77. The van der Waals surface area contributed by atoms with E-state index in [2.05, 4.69) is 15.9 Å². The molecule has 5 heteroatoms. The fourth-order valence-corrected chi connectivity index (χ4v) is 2.52. The van der Waals surface area contributed by atoms with Crippen LogP contribution in [0, 0.1) is 5.82 Å². The SMILES string of the molecule is Cn1sc2cc(Br)c(F)cc2c1=O. The van der Waals surface area contributed by atoms with Crippen LogP contribution in [0.2, 0.25) is 0 Å². The summed E-state index contributed by atoms with van der Waals surface area (Å²) in [6, 6.07) is 2.88. The van der Waals surface area contributed by atoms with Crippen molar-refractivity contribution in [2.75, 3.05) is 0 Å². The van der Waals surface area contributed by atoms with Crippen LogP contribution in [-0.2, 0) is 7.05 Å². The highest BCUT2D eigenvalue weighted by atomic mass is 79.9. The van der Waals surface area contributed by atoms with Crippen LogP contribution in [0.4, 0.5) is 4.39 Å². The quantitative estimate of drug-likeness (QED) is 0.715. The van der Waals surface area contributed by atoms with E-state index >= 15 is 0 Å². The Morgan fingerprint density at radius 1 is 1.54 bits per heavy atom. The van der Waals surface area contributed by atoms with Gasteiger partial charge >= 0.3 is 0 Å². The molecule has 0 spiro atoms. The molecule has 1 aromatic carbocycles. The lowest BCUT2D eigenvalue weighted by atomic mass is 10.3. The van der Waals surface area contributed by atoms with Gasteiger partial charge in [0.05, 0.1) is 14.6 Å². The van der Waals surface area contributed by atoms with Gasteiger partial charge in [0.1, 0.15) is 5.82 Å². The van der Waals surface area contributed by atoms with Gasteiger partial charge in [0.25, 0.3) is 5.56 Å². The molecule has 0 saturated heterocycles. The van der Waals surface area contributed by atoms with Gasteiger partial charge in [-0.3, -0.25) is 8.75 Å². The molecule has 2 nitrogen and oxygen atoms in total. The van der Waals surface area contributed by atoms with Crippen molar-refractivity contribution >= 4 is 37.5 Å². The van der Waals surface area contributed by atoms with E-state index < -0.39 is 5.82 Å². The molecule has 0 aliphatic carbocycles. The Balaban J connectivity index is 2.97. The summed E-state index contributed by atoms with van der Waals surface area (Å²) in [5.74, 6) is -0.400. The predicted molar refractivity (Wildman–Crippen MR) is 54.7 cm³/mol. The minimum Gasteiger partial charge on any atom is -0.268 e. The van der Waals surface area contributed by atoms with Gasteiger partial charge in [-0.05, 0) is 28.1 Å². The van der Waals surface area contributed by atoms with Gasteiger partial charge < -0.3 is 0 Å². The smallest absolute Gasteiger partial charge is 0.268 e. The molecule has 0 amide bonds. The summed E-state index contributed by atoms with van der Waals surface area (Å²) in [5.41, 5.74) is -0.147. The first-order valence-corrected chi connectivity index (χ1v) is 5.11. The van der Waals surface area contributed by atoms with Crippen LogP contribution >= 0.6 is 27.5 Å². The van der Waals surface area contributed by atoms with E-state index in [4.69, 9.17) is 0 Å². The maximum absolute atomic E-state index is 13.0. The molecule has 0 fully saturated rings. The lowest BCUT2D eigenvalue weighted by Gasteiger charge is -1.91. The number of rotatable bonds is 0. The average molecular weight is 262 g/mol. The number of nitrogens with zero attached hydrogens (tertiary/aromatic N) is 1. The van der Waals surface area contributed by atoms with Crippen molar-refractivity contribution in [2.45, 2.75) is 0 Å². The number of fused-ring (bicyclic) bond motifs is 1. The number of aryl methyl sites for hydroxylation is 1. The Morgan fingerprint density at radius 2 is 2.23 bits per heavy atom. The second-order valence-corrected chi connectivity index (χ2v) is 4.68. The molecule has 0 atom stereocenters. The number of hydrogen-bond donors (Lipinski definition) is 0. The summed E-state index contributed by atoms with van der Waals surface area (Å²) in [4.78, 5) is 11.4. The van der Waals surface area contributed by atoms with Crippen molar-refractivity contribution in [3.05, 3.63) is 32.8 Å². The second-order valence-electron chi connectivity index (χ2n) is 2.66. The van der Waals surface area contributed by atoms with Crippen LogP contribution < -0.4 is 5.56 Å². The summed E-state index contributed by atoms with van der Waals surface area (Å²) in [7, 11) is 1.67. The Kier molecular flexibility index (Phi) is 2.00. The molecule has 0 unspecified atom stereocenters. The van der Waals surface area contributed by atoms with Crippen molar-refractivity contribution in [3.63, 3.8) is 0 Å². The van der Waals surface area contributed by atoms with Crippen molar-refractivity contribution in [1.29, 1.82) is 0 Å². The minimum atomic E-state index is -0.400. The van der Waals surface area contributed by atoms with Gasteiger partial charge in [-0.25, -0.2) is 4.39 Å². The average Bonchev–Trinajstić information content (AvgIpc) is 2.32. The Morgan fingerprint density at radius 3 is 2.92 bits per heavy atom. The minimum absolute atomic E-state index is 0.147. The molecule has 0 N–H and O–H groups in total. The van der Waals surface area contributed by atoms with Crippen LogP contribution in [0.5, 0.6) is 0 Å². The normalized spacial score (nSPS) is 11.0. The summed E-state index contributed by atoms with van der Waals surface area (Å²) in [5, 5.41) is 0.438. The highest BCUT2D eigenvalue weighted by Crippen LogP contribution is 2.24. The van der Waals surface area contributed by atoms with E-state index in [0.29, 0.717) is 9.86 Å². The number of benzene rings is 1. The molecule has 68 valence electrons. The highest BCUT2D eigenvalue weighted by molar-refractivity contribution is 9.10. The Bertz CT molecular complexity index is 531. The lowest BCUT2D eigenvalue weighted by molar-refractivity contribution is 0.623. The van der Waals surface area contributed by atoms with Crippen LogP contribution in [0.25, 0.3) is 10.1 Å². The molecule has 1 heterocycles. The molecule has 2 aromatic rings. The van der Waals surface area contributed by atoms with Gasteiger partial charge in [-0.1, -0.05) is 11.5 Å². The number of aromatic nitrogens is 1.